The summed E-state index contributed by atoms with van der Waals surface area (Å²) in [7, 11) is 0. The fourth-order valence-corrected chi connectivity index (χ4v) is 3.86. The highest BCUT2D eigenvalue weighted by atomic mass is 19.4. The molecule has 0 spiro atoms. The van der Waals surface area contributed by atoms with E-state index in [9.17, 15) is 13.2 Å². The third-order valence-electron chi connectivity index (χ3n) is 5.25. The summed E-state index contributed by atoms with van der Waals surface area (Å²) in [6.45, 7) is 0. The molecule has 1 heterocycles. The molecule has 0 aliphatic rings. The maximum atomic E-state index is 12.8. The minimum atomic E-state index is -4.32. The molecule has 4 aromatic carbocycles. The summed E-state index contributed by atoms with van der Waals surface area (Å²) in [5.41, 5.74) is 4.25. The quantitative estimate of drug-likeness (QED) is 0.296. The topological polar surface area (TPSA) is 4.93 Å². The van der Waals surface area contributed by atoms with Gasteiger partial charge in [0, 0.05) is 16.5 Å². The molecule has 0 bridgehead atoms. The van der Waals surface area contributed by atoms with E-state index in [1.54, 1.807) is 0 Å². The zero-order valence-electron chi connectivity index (χ0n) is 15.3. The first-order chi connectivity index (χ1) is 14.0. The van der Waals surface area contributed by atoms with Crippen LogP contribution in [0.5, 0.6) is 0 Å². The Bertz CT molecular complexity index is 1260. The van der Waals surface area contributed by atoms with Crippen LogP contribution in [0.3, 0.4) is 0 Å². The molecule has 4 heteroatoms. The van der Waals surface area contributed by atoms with Crippen molar-refractivity contribution in [2.45, 2.75) is 6.18 Å². The average Bonchev–Trinajstić information content (AvgIpc) is 3.08. The van der Waals surface area contributed by atoms with Crippen LogP contribution in [0.15, 0.2) is 97.1 Å². The summed E-state index contributed by atoms with van der Waals surface area (Å²) >= 11 is 0. The van der Waals surface area contributed by atoms with Crippen LogP contribution in [0, 0.1) is 0 Å². The average molecular weight is 387 g/mol. The molecular formula is C25H16F3N. The maximum Gasteiger partial charge on any atom is 0.416 e. The fraction of sp³-hybridized carbons (Fsp3) is 0.0400. The van der Waals surface area contributed by atoms with Crippen LogP contribution < -0.4 is 0 Å². The van der Waals surface area contributed by atoms with Gasteiger partial charge in [-0.1, -0.05) is 60.7 Å². The Morgan fingerprint density at radius 2 is 0.966 bits per heavy atom. The number of alkyl halides is 3. The number of nitrogens with zero attached hydrogens (tertiary/aromatic N) is 1. The van der Waals surface area contributed by atoms with Gasteiger partial charge in [-0.25, -0.2) is 0 Å². The third-order valence-corrected chi connectivity index (χ3v) is 5.25. The van der Waals surface area contributed by atoms with Crippen molar-refractivity contribution >= 4 is 21.8 Å². The van der Waals surface area contributed by atoms with Gasteiger partial charge in [0.1, 0.15) is 0 Å². The molecule has 5 aromatic rings. The van der Waals surface area contributed by atoms with Crippen molar-refractivity contribution < 1.29 is 13.2 Å². The molecule has 0 atom stereocenters. The maximum absolute atomic E-state index is 12.8. The summed E-state index contributed by atoms with van der Waals surface area (Å²) in [6, 6.07) is 29.7. The molecule has 0 fully saturated rings. The number of fused-ring (bicyclic) bond motifs is 3. The van der Waals surface area contributed by atoms with Gasteiger partial charge in [-0.3, -0.25) is 0 Å². The molecule has 5 rings (SSSR count). The minimum Gasteiger partial charge on any atom is -0.309 e. The predicted molar refractivity (Wildman–Crippen MR) is 111 cm³/mol. The van der Waals surface area contributed by atoms with Crippen LogP contribution >= 0.6 is 0 Å². The van der Waals surface area contributed by atoms with Crippen molar-refractivity contribution in [2.75, 3.05) is 0 Å². The summed E-state index contributed by atoms with van der Waals surface area (Å²) in [6.07, 6.45) is -4.32. The van der Waals surface area contributed by atoms with Crippen LogP contribution in [0.2, 0.25) is 0 Å². The lowest BCUT2D eigenvalue weighted by atomic mass is 10.0. The van der Waals surface area contributed by atoms with Crippen LogP contribution in [-0.4, -0.2) is 4.57 Å². The Morgan fingerprint density at radius 1 is 0.517 bits per heavy atom. The zero-order valence-corrected chi connectivity index (χ0v) is 15.3. The van der Waals surface area contributed by atoms with E-state index < -0.39 is 11.7 Å². The van der Waals surface area contributed by atoms with E-state index in [-0.39, 0.29) is 0 Å². The van der Waals surface area contributed by atoms with Crippen LogP contribution in [-0.2, 0) is 6.18 Å². The second-order valence-electron chi connectivity index (χ2n) is 6.99. The van der Waals surface area contributed by atoms with Crippen molar-refractivity contribution in [1.82, 2.24) is 4.57 Å². The van der Waals surface area contributed by atoms with E-state index >= 15 is 0 Å². The molecule has 0 saturated heterocycles. The monoisotopic (exact) mass is 387 g/mol. The van der Waals surface area contributed by atoms with Crippen LogP contribution in [0.1, 0.15) is 5.56 Å². The predicted octanol–water partition coefficient (Wildman–Crippen LogP) is 7.47. The largest absolute Gasteiger partial charge is 0.416 e. The molecule has 0 unspecified atom stereocenters. The van der Waals surface area contributed by atoms with Crippen LogP contribution in [0.25, 0.3) is 38.6 Å². The first-order valence-electron chi connectivity index (χ1n) is 9.29. The molecule has 0 aliphatic carbocycles. The van der Waals surface area contributed by atoms with Gasteiger partial charge in [-0.15, -0.1) is 0 Å². The number of para-hydroxylation sites is 2. The highest BCUT2D eigenvalue weighted by Crippen LogP contribution is 2.33. The summed E-state index contributed by atoms with van der Waals surface area (Å²) in [5, 5.41) is 2.38. The highest BCUT2D eigenvalue weighted by molar-refractivity contribution is 6.09. The van der Waals surface area contributed by atoms with E-state index in [1.807, 2.05) is 48.5 Å². The number of hydrogen-bond donors (Lipinski definition) is 0. The molecular weight excluding hydrogens is 371 g/mol. The Labute approximate surface area is 165 Å². The molecule has 1 aromatic heterocycles. The van der Waals surface area contributed by atoms with E-state index in [4.69, 9.17) is 0 Å². The summed E-state index contributed by atoms with van der Waals surface area (Å²) < 4.78 is 40.6. The number of rotatable bonds is 2. The van der Waals surface area contributed by atoms with E-state index in [0.717, 1.165) is 40.0 Å². The smallest absolute Gasteiger partial charge is 0.309 e. The standard InChI is InChI=1S/C25H16F3N/c26-25(27,28)19-13-9-17(10-14-19)18-11-15-20(16-12-18)29-23-7-3-1-5-21(23)22-6-2-4-8-24(22)29/h1-16H. The lowest BCUT2D eigenvalue weighted by molar-refractivity contribution is -0.137. The Morgan fingerprint density at radius 3 is 1.45 bits per heavy atom. The van der Waals surface area contributed by atoms with Crippen molar-refractivity contribution in [3.8, 4) is 16.8 Å². The van der Waals surface area contributed by atoms with Crippen molar-refractivity contribution in [3.63, 3.8) is 0 Å². The first kappa shape index (κ1) is 17.6. The highest BCUT2D eigenvalue weighted by Gasteiger charge is 2.29. The number of benzene rings is 4. The van der Waals surface area contributed by atoms with Crippen molar-refractivity contribution in [2.24, 2.45) is 0 Å². The molecule has 0 saturated carbocycles. The molecule has 29 heavy (non-hydrogen) atoms. The van der Waals surface area contributed by atoms with Gasteiger partial charge >= 0.3 is 6.18 Å². The Hall–Kier alpha value is -3.53. The molecule has 142 valence electrons. The first-order valence-corrected chi connectivity index (χ1v) is 9.29. The van der Waals surface area contributed by atoms with Crippen molar-refractivity contribution in [3.05, 3.63) is 103 Å². The fourth-order valence-electron chi connectivity index (χ4n) is 3.86. The molecule has 1 nitrogen and oxygen atoms in total. The second kappa shape index (κ2) is 6.52. The number of halogens is 3. The molecule has 0 N–H and O–H groups in total. The van der Waals surface area contributed by atoms with Gasteiger partial charge in [-0.2, -0.15) is 13.2 Å². The lowest BCUT2D eigenvalue weighted by Gasteiger charge is -2.10. The second-order valence-corrected chi connectivity index (χ2v) is 6.99. The van der Waals surface area contributed by atoms with Gasteiger partial charge in [0.15, 0.2) is 0 Å². The SMILES string of the molecule is FC(F)(F)c1ccc(-c2ccc(-n3c4ccccc4c4ccccc43)cc2)cc1. The van der Waals surface area contributed by atoms with Gasteiger partial charge in [-0.05, 0) is 47.5 Å². The van der Waals surface area contributed by atoms with Crippen LogP contribution in [0.4, 0.5) is 13.2 Å². The summed E-state index contributed by atoms with van der Waals surface area (Å²) in [5.74, 6) is 0. The normalized spacial score (nSPS) is 12.0. The van der Waals surface area contributed by atoms with E-state index in [0.29, 0.717) is 0 Å². The zero-order chi connectivity index (χ0) is 20.0. The van der Waals surface area contributed by atoms with Gasteiger partial charge in [0.05, 0.1) is 16.6 Å². The van der Waals surface area contributed by atoms with Gasteiger partial charge in [0.25, 0.3) is 0 Å². The number of aromatic nitrogens is 1. The Balaban J connectivity index is 1.59. The van der Waals surface area contributed by atoms with Crippen molar-refractivity contribution in [1.29, 1.82) is 0 Å². The van der Waals surface area contributed by atoms with E-state index in [2.05, 4.69) is 28.8 Å². The number of hydrogen-bond acceptors (Lipinski definition) is 0. The van der Waals surface area contributed by atoms with Gasteiger partial charge < -0.3 is 4.57 Å². The minimum absolute atomic E-state index is 0.636. The van der Waals surface area contributed by atoms with Gasteiger partial charge in [0.2, 0.25) is 0 Å². The molecule has 0 aliphatic heterocycles. The third kappa shape index (κ3) is 2.97. The van der Waals surface area contributed by atoms with E-state index in [1.165, 1.54) is 22.9 Å². The Kier molecular flexibility index (Phi) is 3.95. The molecule has 0 radical (unpaired) electrons. The molecule has 0 amide bonds. The lowest BCUT2D eigenvalue weighted by Crippen LogP contribution is -2.03. The summed E-state index contributed by atoms with van der Waals surface area (Å²) in [4.78, 5) is 0.